The van der Waals surface area contributed by atoms with Crippen LogP contribution in [0, 0.1) is 6.92 Å². The van der Waals surface area contributed by atoms with Gasteiger partial charge >= 0.3 is 17.8 Å². The number of hydrogen-bond donors (Lipinski definition) is 2. The van der Waals surface area contributed by atoms with Crippen LogP contribution in [0.2, 0.25) is 5.02 Å². The zero-order valence-electron chi connectivity index (χ0n) is 19.9. The summed E-state index contributed by atoms with van der Waals surface area (Å²) < 4.78 is 11.0. The molecule has 0 bridgehead atoms. The van der Waals surface area contributed by atoms with Gasteiger partial charge in [-0.2, -0.15) is 5.10 Å². The first-order valence-electron chi connectivity index (χ1n) is 11.3. The Morgan fingerprint density at radius 3 is 2.33 bits per heavy atom. The molecule has 2 N–H and O–H groups in total. The van der Waals surface area contributed by atoms with Crippen molar-refractivity contribution in [3.05, 3.63) is 88.4 Å². The van der Waals surface area contributed by atoms with Crippen LogP contribution in [0.15, 0.2) is 71.8 Å². The largest absolute Gasteiger partial charge is 0.494 e. The van der Waals surface area contributed by atoms with Gasteiger partial charge in [0.15, 0.2) is 0 Å². The average Bonchev–Trinajstić information content (AvgIpc) is 2.88. The van der Waals surface area contributed by atoms with Gasteiger partial charge in [0, 0.05) is 10.7 Å². The number of rotatable bonds is 9. The van der Waals surface area contributed by atoms with Crippen molar-refractivity contribution in [1.29, 1.82) is 0 Å². The lowest BCUT2D eigenvalue weighted by molar-refractivity contribution is -0.136. The van der Waals surface area contributed by atoms with Crippen molar-refractivity contribution in [2.24, 2.45) is 5.10 Å². The second kappa shape index (κ2) is 13.1. The Balaban J connectivity index is 1.48. The first-order valence-corrected chi connectivity index (χ1v) is 11.7. The van der Waals surface area contributed by atoms with Gasteiger partial charge in [0.2, 0.25) is 0 Å². The van der Waals surface area contributed by atoms with Crippen molar-refractivity contribution in [2.45, 2.75) is 26.7 Å². The summed E-state index contributed by atoms with van der Waals surface area (Å²) in [5, 5.41) is 6.75. The molecule has 36 heavy (non-hydrogen) atoms. The number of hydrogen-bond acceptors (Lipinski definition) is 6. The van der Waals surface area contributed by atoms with Crippen LogP contribution in [0.4, 0.5) is 5.69 Å². The summed E-state index contributed by atoms with van der Waals surface area (Å²) in [7, 11) is 0. The topological polar surface area (TPSA) is 106 Å². The van der Waals surface area contributed by atoms with E-state index in [1.165, 1.54) is 6.21 Å². The first kappa shape index (κ1) is 26.4. The van der Waals surface area contributed by atoms with Gasteiger partial charge in [0.1, 0.15) is 11.5 Å². The number of carbonyl (C=O) groups is 3. The Bertz CT molecular complexity index is 1240. The van der Waals surface area contributed by atoms with Gasteiger partial charge in [-0.15, -0.1) is 0 Å². The van der Waals surface area contributed by atoms with Crippen molar-refractivity contribution >= 4 is 41.3 Å². The molecule has 8 nitrogen and oxygen atoms in total. The zero-order valence-corrected chi connectivity index (χ0v) is 20.7. The Morgan fingerprint density at radius 1 is 0.944 bits per heavy atom. The minimum absolute atomic E-state index is 0.348. The summed E-state index contributed by atoms with van der Waals surface area (Å²) >= 11 is 6.02. The Labute approximate surface area is 214 Å². The number of anilines is 1. The Hall–Kier alpha value is -4.17. The Morgan fingerprint density at radius 2 is 1.64 bits per heavy atom. The molecule has 0 radical (unpaired) electrons. The number of amides is 2. The minimum Gasteiger partial charge on any atom is -0.494 e. The summed E-state index contributed by atoms with van der Waals surface area (Å²) in [5.41, 5.74) is 4.27. The number of ether oxygens (including phenoxy) is 2. The molecule has 0 atom stereocenters. The molecule has 0 fully saturated rings. The second-order valence-electron chi connectivity index (χ2n) is 7.75. The van der Waals surface area contributed by atoms with Gasteiger partial charge < -0.3 is 14.8 Å². The molecule has 9 heteroatoms. The van der Waals surface area contributed by atoms with Crippen LogP contribution in [0.25, 0.3) is 0 Å². The van der Waals surface area contributed by atoms with E-state index in [1.807, 2.05) is 0 Å². The summed E-state index contributed by atoms with van der Waals surface area (Å²) in [6.45, 7) is 4.45. The van der Waals surface area contributed by atoms with Gasteiger partial charge in [0.25, 0.3) is 0 Å². The predicted octanol–water partition coefficient (Wildman–Crippen LogP) is 5.14. The van der Waals surface area contributed by atoms with Gasteiger partial charge in [-0.05, 0) is 85.1 Å². The van der Waals surface area contributed by atoms with E-state index in [0.29, 0.717) is 45.5 Å². The third kappa shape index (κ3) is 7.68. The molecule has 3 aromatic carbocycles. The molecule has 0 aliphatic heterocycles. The van der Waals surface area contributed by atoms with E-state index in [9.17, 15) is 14.4 Å². The number of esters is 1. The van der Waals surface area contributed by atoms with Gasteiger partial charge in [-0.25, -0.2) is 10.2 Å². The van der Waals surface area contributed by atoms with Crippen LogP contribution in [0.1, 0.15) is 41.3 Å². The molecule has 0 aromatic heterocycles. The molecule has 186 valence electrons. The molecule has 3 aromatic rings. The fourth-order valence-corrected chi connectivity index (χ4v) is 3.12. The standard InChI is InChI=1S/C27H26ClN3O5/c1-3-4-16-35-21-14-10-20(11-15-21)27(34)36-22-12-8-19(9-13-22)17-29-31-26(33)25(32)30-24-7-5-6-23(28)18(24)2/h5-15,17H,3-4,16H2,1-2H3,(H,30,32)(H,31,33)/b29-17+. The van der Waals surface area contributed by atoms with Gasteiger partial charge in [-0.1, -0.05) is 31.0 Å². The molecule has 0 aliphatic rings. The highest BCUT2D eigenvalue weighted by atomic mass is 35.5. The highest BCUT2D eigenvalue weighted by molar-refractivity contribution is 6.40. The maximum atomic E-state index is 12.4. The zero-order chi connectivity index (χ0) is 25.9. The highest BCUT2D eigenvalue weighted by Crippen LogP contribution is 2.22. The molecule has 0 saturated heterocycles. The number of unbranched alkanes of at least 4 members (excludes halogenated alkanes) is 1. The Kier molecular flexibility index (Phi) is 9.59. The number of hydrazone groups is 1. The predicted molar refractivity (Wildman–Crippen MR) is 139 cm³/mol. The molecule has 0 unspecified atom stereocenters. The molecule has 3 rings (SSSR count). The van der Waals surface area contributed by atoms with E-state index >= 15 is 0 Å². The van der Waals surface area contributed by atoms with Crippen molar-refractivity contribution in [2.75, 3.05) is 11.9 Å². The fraction of sp³-hybridized carbons (Fsp3) is 0.185. The summed E-state index contributed by atoms with van der Waals surface area (Å²) in [5.74, 6) is -1.25. The van der Waals surface area contributed by atoms with Crippen LogP contribution in [0.3, 0.4) is 0 Å². The lowest BCUT2D eigenvalue weighted by atomic mass is 10.2. The molecular weight excluding hydrogens is 482 g/mol. The molecule has 2 amide bonds. The highest BCUT2D eigenvalue weighted by Gasteiger charge is 2.14. The van der Waals surface area contributed by atoms with Gasteiger partial charge in [0.05, 0.1) is 18.4 Å². The molecule has 0 heterocycles. The third-order valence-corrected chi connectivity index (χ3v) is 5.46. The van der Waals surface area contributed by atoms with Crippen LogP contribution < -0.4 is 20.2 Å². The van der Waals surface area contributed by atoms with Crippen molar-refractivity contribution in [1.82, 2.24) is 5.43 Å². The van der Waals surface area contributed by atoms with E-state index in [4.69, 9.17) is 21.1 Å². The number of nitrogens with zero attached hydrogens (tertiary/aromatic N) is 1. The average molecular weight is 508 g/mol. The monoisotopic (exact) mass is 507 g/mol. The maximum absolute atomic E-state index is 12.4. The lowest BCUT2D eigenvalue weighted by Gasteiger charge is -2.08. The molecule has 0 saturated carbocycles. The van der Waals surface area contributed by atoms with Crippen LogP contribution in [-0.4, -0.2) is 30.6 Å². The smallest absolute Gasteiger partial charge is 0.343 e. The quantitative estimate of drug-likeness (QED) is 0.104. The normalized spacial score (nSPS) is 10.6. The maximum Gasteiger partial charge on any atom is 0.343 e. The number of halogens is 1. The number of benzene rings is 3. The van der Waals surface area contributed by atoms with Crippen molar-refractivity contribution in [3.63, 3.8) is 0 Å². The van der Waals surface area contributed by atoms with Crippen LogP contribution in [0.5, 0.6) is 11.5 Å². The van der Waals surface area contributed by atoms with E-state index in [0.717, 1.165) is 12.8 Å². The third-order valence-electron chi connectivity index (χ3n) is 5.05. The van der Waals surface area contributed by atoms with E-state index < -0.39 is 17.8 Å². The summed E-state index contributed by atoms with van der Waals surface area (Å²) in [6.07, 6.45) is 3.37. The van der Waals surface area contributed by atoms with E-state index in [-0.39, 0.29) is 0 Å². The van der Waals surface area contributed by atoms with Gasteiger partial charge in [-0.3, -0.25) is 9.59 Å². The summed E-state index contributed by atoms with van der Waals surface area (Å²) in [6, 6.07) is 18.3. The summed E-state index contributed by atoms with van der Waals surface area (Å²) in [4.78, 5) is 36.4. The molecule has 0 aliphatic carbocycles. The lowest BCUT2D eigenvalue weighted by Crippen LogP contribution is -2.32. The second-order valence-corrected chi connectivity index (χ2v) is 8.16. The van der Waals surface area contributed by atoms with E-state index in [2.05, 4.69) is 22.8 Å². The minimum atomic E-state index is -0.932. The van der Waals surface area contributed by atoms with E-state index in [1.54, 1.807) is 73.7 Å². The number of nitrogens with one attached hydrogen (secondary N) is 2. The van der Waals surface area contributed by atoms with Crippen molar-refractivity contribution < 1.29 is 23.9 Å². The van der Waals surface area contributed by atoms with Crippen molar-refractivity contribution in [3.8, 4) is 11.5 Å². The fourth-order valence-electron chi connectivity index (χ4n) is 2.95. The first-order chi connectivity index (χ1) is 17.4. The number of carbonyl (C=O) groups excluding carboxylic acids is 3. The molecular formula is C27H26ClN3O5. The van der Waals surface area contributed by atoms with Crippen LogP contribution in [-0.2, 0) is 9.59 Å². The SMILES string of the molecule is CCCCOc1ccc(C(=O)Oc2ccc(/C=N/NC(=O)C(=O)Nc3cccc(Cl)c3C)cc2)cc1. The molecule has 0 spiro atoms. The van der Waals surface area contributed by atoms with Crippen LogP contribution >= 0.6 is 11.6 Å².